The van der Waals surface area contributed by atoms with Gasteiger partial charge in [-0.2, -0.15) is 9.61 Å². The predicted molar refractivity (Wildman–Crippen MR) is 93.0 cm³/mol. The summed E-state index contributed by atoms with van der Waals surface area (Å²) in [6.45, 7) is 2.40. The molecule has 2 aromatic heterocycles. The van der Waals surface area contributed by atoms with Crippen LogP contribution in [0.15, 0.2) is 35.1 Å². The summed E-state index contributed by atoms with van der Waals surface area (Å²) in [5.74, 6) is -0.452. The SMILES string of the molecule is COCCc1nn2c(=O)cc(COC(=O)c3ccc(C)cc3)nc2s1. The first kappa shape index (κ1) is 17.2. The molecule has 7 nitrogen and oxygen atoms in total. The van der Waals surface area contributed by atoms with Crippen molar-refractivity contribution < 1.29 is 14.3 Å². The van der Waals surface area contributed by atoms with Crippen LogP contribution in [0, 0.1) is 6.92 Å². The lowest BCUT2D eigenvalue weighted by molar-refractivity contribution is 0.0468. The van der Waals surface area contributed by atoms with Gasteiger partial charge in [0, 0.05) is 19.6 Å². The first-order chi connectivity index (χ1) is 12.1. The fourth-order valence-corrected chi connectivity index (χ4v) is 3.07. The normalized spacial score (nSPS) is 11.0. The number of methoxy groups -OCH3 is 1. The second kappa shape index (κ2) is 7.54. The summed E-state index contributed by atoms with van der Waals surface area (Å²) >= 11 is 1.32. The van der Waals surface area contributed by atoms with Crippen molar-refractivity contribution in [1.82, 2.24) is 14.6 Å². The molecule has 0 aliphatic carbocycles. The highest BCUT2D eigenvalue weighted by Crippen LogP contribution is 2.13. The Hall–Kier alpha value is -2.58. The van der Waals surface area contributed by atoms with E-state index in [1.807, 2.05) is 19.1 Å². The van der Waals surface area contributed by atoms with Crippen molar-refractivity contribution in [2.24, 2.45) is 0 Å². The van der Waals surface area contributed by atoms with Gasteiger partial charge in [0.2, 0.25) is 4.96 Å². The molecular formula is C17H17N3O4S. The van der Waals surface area contributed by atoms with Crippen LogP contribution in [0.25, 0.3) is 4.96 Å². The Morgan fingerprint density at radius 3 is 2.76 bits per heavy atom. The topological polar surface area (TPSA) is 82.8 Å². The molecule has 0 saturated carbocycles. The lowest BCUT2D eigenvalue weighted by Crippen LogP contribution is -2.16. The van der Waals surface area contributed by atoms with Gasteiger partial charge in [-0.25, -0.2) is 9.78 Å². The van der Waals surface area contributed by atoms with E-state index in [9.17, 15) is 9.59 Å². The molecule has 0 amide bonds. The van der Waals surface area contributed by atoms with Crippen molar-refractivity contribution in [2.75, 3.05) is 13.7 Å². The molecule has 0 atom stereocenters. The molecule has 0 bridgehead atoms. The Bertz CT molecular complexity index is 947. The fraction of sp³-hybridized carbons (Fsp3) is 0.294. The average molecular weight is 359 g/mol. The third-order valence-electron chi connectivity index (χ3n) is 3.50. The summed E-state index contributed by atoms with van der Waals surface area (Å²) in [6.07, 6.45) is 0.613. The second-order valence-electron chi connectivity index (χ2n) is 5.46. The van der Waals surface area contributed by atoms with Crippen molar-refractivity contribution in [3.8, 4) is 0 Å². The summed E-state index contributed by atoms with van der Waals surface area (Å²) in [5, 5.41) is 4.98. The van der Waals surface area contributed by atoms with Crippen molar-refractivity contribution in [3.63, 3.8) is 0 Å². The Morgan fingerprint density at radius 1 is 1.28 bits per heavy atom. The first-order valence-electron chi connectivity index (χ1n) is 7.68. The van der Waals surface area contributed by atoms with Gasteiger partial charge >= 0.3 is 5.97 Å². The quantitative estimate of drug-likeness (QED) is 0.626. The Morgan fingerprint density at radius 2 is 2.04 bits per heavy atom. The van der Waals surface area contributed by atoms with Crippen LogP contribution in [0.3, 0.4) is 0 Å². The number of hydrogen-bond donors (Lipinski definition) is 0. The van der Waals surface area contributed by atoms with E-state index in [0.29, 0.717) is 29.2 Å². The van der Waals surface area contributed by atoms with Gasteiger partial charge in [0.1, 0.15) is 11.6 Å². The zero-order valence-electron chi connectivity index (χ0n) is 13.9. The molecule has 1 aromatic carbocycles. The minimum atomic E-state index is -0.452. The number of hydrogen-bond acceptors (Lipinski definition) is 7. The molecule has 2 heterocycles. The smallest absolute Gasteiger partial charge is 0.338 e. The molecule has 0 N–H and O–H groups in total. The zero-order chi connectivity index (χ0) is 17.8. The Labute approximate surface area is 147 Å². The minimum Gasteiger partial charge on any atom is -0.456 e. The molecule has 0 unspecified atom stereocenters. The number of fused-ring (bicyclic) bond motifs is 1. The average Bonchev–Trinajstić information content (AvgIpc) is 3.02. The molecule has 130 valence electrons. The summed E-state index contributed by atoms with van der Waals surface area (Å²) < 4.78 is 11.5. The van der Waals surface area contributed by atoms with Gasteiger partial charge in [0.25, 0.3) is 5.56 Å². The standard InChI is InChI=1S/C17H17N3O4S/c1-11-3-5-12(6-4-11)16(22)24-10-13-9-15(21)20-17(18-13)25-14(19-20)7-8-23-2/h3-6,9H,7-8,10H2,1-2H3. The van der Waals surface area contributed by atoms with E-state index in [4.69, 9.17) is 9.47 Å². The highest BCUT2D eigenvalue weighted by atomic mass is 32.1. The lowest BCUT2D eigenvalue weighted by atomic mass is 10.1. The number of nitrogens with zero attached hydrogens (tertiary/aromatic N) is 3. The predicted octanol–water partition coefficient (Wildman–Crippen LogP) is 2.01. The summed E-state index contributed by atoms with van der Waals surface area (Å²) in [7, 11) is 1.61. The van der Waals surface area contributed by atoms with Gasteiger partial charge in [-0.3, -0.25) is 4.79 Å². The lowest BCUT2D eigenvalue weighted by Gasteiger charge is -2.04. The number of carbonyl (C=O) groups is 1. The molecule has 3 aromatic rings. The molecule has 25 heavy (non-hydrogen) atoms. The van der Waals surface area contributed by atoms with Crippen molar-refractivity contribution in [3.05, 3.63) is 62.5 Å². The number of esters is 1. The third-order valence-corrected chi connectivity index (χ3v) is 4.47. The van der Waals surface area contributed by atoms with Crippen LogP contribution >= 0.6 is 11.3 Å². The van der Waals surface area contributed by atoms with E-state index in [1.165, 1.54) is 21.9 Å². The van der Waals surface area contributed by atoms with E-state index in [2.05, 4.69) is 10.1 Å². The molecule has 0 saturated heterocycles. The van der Waals surface area contributed by atoms with E-state index >= 15 is 0 Å². The van der Waals surface area contributed by atoms with E-state index in [1.54, 1.807) is 19.2 Å². The van der Waals surface area contributed by atoms with Gasteiger partial charge in [0.15, 0.2) is 0 Å². The maximum Gasteiger partial charge on any atom is 0.338 e. The molecule has 0 aliphatic heterocycles. The molecule has 0 radical (unpaired) electrons. The monoisotopic (exact) mass is 359 g/mol. The van der Waals surface area contributed by atoms with Gasteiger partial charge < -0.3 is 9.47 Å². The van der Waals surface area contributed by atoms with Crippen LogP contribution in [0.2, 0.25) is 0 Å². The van der Waals surface area contributed by atoms with Crippen LogP contribution in [0.4, 0.5) is 0 Å². The van der Waals surface area contributed by atoms with Gasteiger partial charge in [-0.15, -0.1) is 0 Å². The van der Waals surface area contributed by atoms with Crippen LogP contribution in [0.5, 0.6) is 0 Å². The van der Waals surface area contributed by atoms with E-state index < -0.39 is 5.97 Å². The summed E-state index contributed by atoms with van der Waals surface area (Å²) in [5.41, 5.74) is 1.62. The summed E-state index contributed by atoms with van der Waals surface area (Å²) in [4.78, 5) is 29.0. The second-order valence-corrected chi connectivity index (χ2v) is 6.50. The van der Waals surface area contributed by atoms with Crippen molar-refractivity contribution >= 4 is 22.3 Å². The highest BCUT2D eigenvalue weighted by Gasteiger charge is 2.11. The zero-order valence-corrected chi connectivity index (χ0v) is 14.7. The van der Waals surface area contributed by atoms with E-state index in [0.717, 1.165) is 10.6 Å². The van der Waals surface area contributed by atoms with E-state index in [-0.39, 0.29) is 12.2 Å². The molecule has 0 spiro atoms. The molecular weight excluding hydrogens is 342 g/mol. The van der Waals surface area contributed by atoms with Gasteiger partial charge in [-0.05, 0) is 19.1 Å². The maximum atomic E-state index is 12.1. The molecule has 0 fully saturated rings. The number of benzene rings is 1. The van der Waals surface area contributed by atoms with Gasteiger partial charge in [0.05, 0.1) is 17.9 Å². The van der Waals surface area contributed by atoms with Crippen molar-refractivity contribution in [2.45, 2.75) is 20.0 Å². The number of aryl methyl sites for hydroxylation is 1. The number of ether oxygens (including phenoxy) is 2. The number of aromatic nitrogens is 3. The fourth-order valence-electron chi connectivity index (χ4n) is 2.17. The molecule has 3 rings (SSSR count). The van der Waals surface area contributed by atoms with Crippen molar-refractivity contribution in [1.29, 1.82) is 0 Å². The maximum absolute atomic E-state index is 12.1. The molecule has 0 aliphatic rings. The number of carbonyl (C=O) groups excluding carboxylic acids is 1. The Kier molecular flexibility index (Phi) is 5.20. The first-order valence-corrected chi connectivity index (χ1v) is 8.50. The van der Waals surface area contributed by atoms with Crippen LogP contribution in [-0.2, 0) is 22.5 Å². The van der Waals surface area contributed by atoms with Crippen LogP contribution in [-0.4, -0.2) is 34.3 Å². The number of rotatable bonds is 6. The highest BCUT2D eigenvalue weighted by molar-refractivity contribution is 7.16. The largest absolute Gasteiger partial charge is 0.456 e. The Balaban J connectivity index is 1.74. The summed E-state index contributed by atoms with van der Waals surface area (Å²) in [6, 6.07) is 8.41. The van der Waals surface area contributed by atoms with Crippen LogP contribution < -0.4 is 5.56 Å². The van der Waals surface area contributed by atoms with Crippen LogP contribution in [0.1, 0.15) is 26.6 Å². The molecule has 8 heteroatoms. The van der Waals surface area contributed by atoms with Gasteiger partial charge in [-0.1, -0.05) is 29.0 Å². The third kappa shape index (κ3) is 4.09. The minimum absolute atomic E-state index is 0.0657.